The van der Waals surface area contributed by atoms with E-state index < -0.39 is 0 Å². The van der Waals surface area contributed by atoms with Crippen LogP contribution in [0, 0.1) is 5.92 Å². The van der Waals surface area contributed by atoms with Crippen molar-refractivity contribution < 1.29 is 4.74 Å². The van der Waals surface area contributed by atoms with Crippen molar-refractivity contribution in [3.05, 3.63) is 27.7 Å². The molecule has 0 aliphatic carbocycles. The van der Waals surface area contributed by atoms with Gasteiger partial charge in [-0.05, 0) is 38.8 Å². The third kappa shape index (κ3) is 6.46. The molecule has 1 aromatic rings. The minimum absolute atomic E-state index is 0.0292. The zero-order valence-electron chi connectivity index (χ0n) is 13.7. The molecule has 4 heteroatoms. The molecular weight excluding hydrogens is 305 g/mol. The van der Waals surface area contributed by atoms with E-state index in [9.17, 15) is 0 Å². The van der Waals surface area contributed by atoms with E-state index in [1.165, 1.54) is 0 Å². The molecule has 1 rings (SSSR count). The fourth-order valence-corrected chi connectivity index (χ4v) is 2.58. The summed E-state index contributed by atoms with van der Waals surface area (Å²) in [4.78, 5) is 0. The summed E-state index contributed by atoms with van der Waals surface area (Å²) in [7, 11) is 0. The number of nitrogens with one attached hydrogen (secondary N) is 1. The molecule has 0 atom stereocenters. The van der Waals surface area contributed by atoms with Crippen molar-refractivity contribution in [3.63, 3.8) is 0 Å². The lowest BCUT2D eigenvalue weighted by molar-refractivity contribution is 0.238. The van der Waals surface area contributed by atoms with E-state index in [4.69, 9.17) is 27.9 Å². The van der Waals surface area contributed by atoms with Gasteiger partial charge in [-0.2, -0.15) is 0 Å². The normalized spacial score (nSPS) is 12.0. The lowest BCUT2D eigenvalue weighted by atomic mass is 10.1. The summed E-state index contributed by atoms with van der Waals surface area (Å²) in [5.74, 6) is 1.31. The molecule has 0 fully saturated rings. The van der Waals surface area contributed by atoms with Gasteiger partial charge in [-0.25, -0.2) is 0 Å². The van der Waals surface area contributed by atoms with Crippen LogP contribution < -0.4 is 10.1 Å². The van der Waals surface area contributed by atoms with Crippen molar-refractivity contribution in [3.8, 4) is 5.75 Å². The van der Waals surface area contributed by atoms with Gasteiger partial charge in [0.15, 0.2) is 0 Å². The second-order valence-corrected chi connectivity index (χ2v) is 7.32. The van der Waals surface area contributed by atoms with Gasteiger partial charge in [0.25, 0.3) is 0 Å². The Morgan fingerprint density at radius 2 is 1.76 bits per heavy atom. The minimum Gasteiger partial charge on any atom is -0.491 e. The standard InChI is InChI=1S/C17H27Cl2NO/c1-6-12(7-2)11-21-16-13(10-20-17(3,4)5)8-14(18)9-15(16)19/h8-9,12,20H,6-7,10-11H2,1-5H3. The average molecular weight is 332 g/mol. The lowest BCUT2D eigenvalue weighted by Gasteiger charge is -2.23. The van der Waals surface area contributed by atoms with Crippen LogP contribution in [-0.4, -0.2) is 12.1 Å². The molecule has 0 unspecified atom stereocenters. The fraction of sp³-hybridized carbons (Fsp3) is 0.647. The van der Waals surface area contributed by atoms with Crippen molar-refractivity contribution in [1.29, 1.82) is 0 Å². The monoisotopic (exact) mass is 331 g/mol. The Kier molecular flexibility index (Phi) is 7.32. The second-order valence-electron chi connectivity index (χ2n) is 6.47. The van der Waals surface area contributed by atoms with Crippen LogP contribution in [-0.2, 0) is 6.54 Å². The van der Waals surface area contributed by atoms with Crippen LogP contribution in [0.2, 0.25) is 10.0 Å². The molecule has 0 spiro atoms. The Balaban J connectivity index is 2.89. The maximum absolute atomic E-state index is 6.32. The largest absolute Gasteiger partial charge is 0.491 e. The predicted molar refractivity (Wildman–Crippen MR) is 92.6 cm³/mol. The molecule has 1 N–H and O–H groups in total. The summed E-state index contributed by atoms with van der Waals surface area (Å²) in [6, 6.07) is 3.67. The van der Waals surface area contributed by atoms with Crippen LogP contribution in [0.5, 0.6) is 5.75 Å². The molecule has 1 aromatic carbocycles. The third-order valence-corrected chi connectivity index (χ3v) is 4.01. The zero-order valence-corrected chi connectivity index (χ0v) is 15.2. The molecule has 2 nitrogen and oxygen atoms in total. The number of benzene rings is 1. The summed E-state index contributed by atoms with van der Waals surface area (Å²) < 4.78 is 6.00. The fourth-order valence-electron chi connectivity index (χ4n) is 1.99. The van der Waals surface area contributed by atoms with Crippen molar-refractivity contribution in [1.82, 2.24) is 5.32 Å². The number of halogens is 2. The van der Waals surface area contributed by atoms with Crippen molar-refractivity contribution in [2.75, 3.05) is 6.61 Å². The molecule has 0 heterocycles. The summed E-state index contributed by atoms with van der Waals surface area (Å²) >= 11 is 12.4. The first kappa shape index (κ1) is 18.6. The lowest BCUT2D eigenvalue weighted by Crippen LogP contribution is -2.35. The molecule has 0 aromatic heterocycles. The van der Waals surface area contributed by atoms with Gasteiger partial charge in [0.2, 0.25) is 0 Å². The van der Waals surface area contributed by atoms with E-state index in [0.29, 0.717) is 29.1 Å². The highest BCUT2D eigenvalue weighted by atomic mass is 35.5. The van der Waals surface area contributed by atoms with Gasteiger partial charge < -0.3 is 10.1 Å². The van der Waals surface area contributed by atoms with Gasteiger partial charge in [0.05, 0.1) is 11.6 Å². The predicted octanol–water partition coefficient (Wildman–Crippen LogP) is 5.70. The summed E-state index contributed by atoms with van der Waals surface area (Å²) in [5.41, 5.74) is 1.04. The topological polar surface area (TPSA) is 21.3 Å². The Hall–Kier alpha value is -0.440. The number of ether oxygens (including phenoxy) is 1. The highest BCUT2D eigenvalue weighted by molar-refractivity contribution is 6.35. The molecule has 0 saturated heterocycles. The van der Waals surface area contributed by atoms with E-state index in [0.717, 1.165) is 24.2 Å². The quantitative estimate of drug-likeness (QED) is 0.692. The van der Waals surface area contributed by atoms with Crippen LogP contribution in [0.15, 0.2) is 12.1 Å². The zero-order chi connectivity index (χ0) is 16.0. The van der Waals surface area contributed by atoms with Gasteiger partial charge in [0, 0.05) is 22.7 Å². The summed E-state index contributed by atoms with van der Waals surface area (Å²) in [6.07, 6.45) is 2.22. The Morgan fingerprint density at radius 3 is 2.29 bits per heavy atom. The second kappa shape index (κ2) is 8.26. The van der Waals surface area contributed by atoms with Crippen LogP contribution >= 0.6 is 23.2 Å². The highest BCUT2D eigenvalue weighted by Crippen LogP contribution is 2.33. The van der Waals surface area contributed by atoms with Gasteiger partial charge in [-0.3, -0.25) is 0 Å². The van der Waals surface area contributed by atoms with Crippen LogP contribution in [0.3, 0.4) is 0 Å². The van der Waals surface area contributed by atoms with E-state index in [-0.39, 0.29) is 5.54 Å². The average Bonchev–Trinajstić information content (AvgIpc) is 2.38. The van der Waals surface area contributed by atoms with Gasteiger partial charge in [-0.15, -0.1) is 0 Å². The molecule has 120 valence electrons. The Labute approximate surface area is 139 Å². The highest BCUT2D eigenvalue weighted by Gasteiger charge is 2.15. The van der Waals surface area contributed by atoms with Gasteiger partial charge in [-0.1, -0.05) is 49.9 Å². The maximum Gasteiger partial charge on any atom is 0.142 e. The van der Waals surface area contributed by atoms with Crippen LogP contribution in [0.1, 0.15) is 53.0 Å². The summed E-state index contributed by atoms with van der Waals surface area (Å²) in [5, 5.41) is 4.67. The Bertz CT molecular complexity index is 451. The van der Waals surface area contributed by atoms with Crippen molar-refractivity contribution in [2.24, 2.45) is 5.92 Å². The van der Waals surface area contributed by atoms with E-state index in [1.807, 2.05) is 6.07 Å². The van der Waals surface area contributed by atoms with E-state index >= 15 is 0 Å². The van der Waals surface area contributed by atoms with Gasteiger partial charge in [0.1, 0.15) is 5.75 Å². The first-order valence-corrected chi connectivity index (χ1v) is 8.38. The van der Waals surface area contributed by atoms with E-state index in [1.54, 1.807) is 6.07 Å². The molecule has 21 heavy (non-hydrogen) atoms. The molecule has 0 radical (unpaired) electrons. The number of rotatable bonds is 7. The number of hydrogen-bond donors (Lipinski definition) is 1. The van der Waals surface area contributed by atoms with Crippen molar-refractivity contribution >= 4 is 23.2 Å². The van der Waals surface area contributed by atoms with Gasteiger partial charge >= 0.3 is 0 Å². The molecule has 0 saturated carbocycles. The van der Waals surface area contributed by atoms with Crippen LogP contribution in [0.4, 0.5) is 0 Å². The van der Waals surface area contributed by atoms with E-state index in [2.05, 4.69) is 39.9 Å². The third-order valence-electron chi connectivity index (χ3n) is 3.51. The minimum atomic E-state index is 0.0292. The van der Waals surface area contributed by atoms with Crippen LogP contribution in [0.25, 0.3) is 0 Å². The molecule has 0 aliphatic rings. The first-order valence-electron chi connectivity index (χ1n) is 7.62. The molecular formula is C17H27Cl2NO. The molecule has 0 aliphatic heterocycles. The Morgan fingerprint density at radius 1 is 1.14 bits per heavy atom. The van der Waals surface area contributed by atoms with Crippen molar-refractivity contribution in [2.45, 2.75) is 59.5 Å². The molecule has 0 bridgehead atoms. The SMILES string of the molecule is CCC(CC)COc1c(Cl)cc(Cl)cc1CNC(C)(C)C. The summed E-state index contributed by atoms with van der Waals surface area (Å²) in [6.45, 7) is 12.1. The smallest absolute Gasteiger partial charge is 0.142 e. The first-order chi connectivity index (χ1) is 9.76. The molecule has 0 amide bonds. The maximum atomic E-state index is 6.32. The number of hydrogen-bond acceptors (Lipinski definition) is 2.